The molecule has 0 fully saturated rings. The molecule has 1 aliphatic rings. The van der Waals surface area contributed by atoms with Gasteiger partial charge in [0.15, 0.2) is 0 Å². The summed E-state index contributed by atoms with van der Waals surface area (Å²) < 4.78 is 5.28. The van der Waals surface area contributed by atoms with Crippen LogP contribution in [0.2, 0.25) is 0 Å². The van der Waals surface area contributed by atoms with Crippen molar-refractivity contribution in [3.05, 3.63) is 48.0 Å². The quantitative estimate of drug-likeness (QED) is 0.833. The first kappa shape index (κ1) is 12.2. The summed E-state index contributed by atoms with van der Waals surface area (Å²) in [7, 11) is 0. The van der Waals surface area contributed by atoms with Gasteiger partial charge in [-0.05, 0) is 44.7 Å². The van der Waals surface area contributed by atoms with Gasteiger partial charge in [-0.15, -0.1) is 0 Å². The van der Waals surface area contributed by atoms with Crippen LogP contribution in [0.1, 0.15) is 38.4 Å². The molecule has 0 radical (unpaired) electrons. The predicted octanol–water partition coefficient (Wildman–Crippen LogP) is 3.81. The van der Waals surface area contributed by atoms with E-state index in [2.05, 4.69) is 30.5 Å². The first-order valence-electron chi connectivity index (χ1n) is 6.47. The van der Waals surface area contributed by atoms with E-state index in [0.717, 1.165) is 12.3 Å². The third-order valence-corrected chi connectivity index (χ3v) is 3.10. The van der Waals surface area contributed by atoms with Gasteiger partial charge in [-0.25, -0.2) is 0 Å². The summed E-state index contributed by atoms with van der Waals surface area (Å²) in [5, 5.41) is 3.42. The normalized spacial score (nSPS) is 18.3. The monoisotopic (exact) mass is 231 g/mol. The van der Waals surface area contributed by atoms with Gasteiger partial charge in [-0.1, -0.05) is 23.8 Å². The van der Waals surface area contributed by atoms with Gasteiger partial charge in [0.05, 0.1) is 12.8 Å². The van der Waals surface area contributed by atoms with E-state index in [4.69, 9.17) is 4.42 Å². The lowest BCUT2D eigenvalue weighted by Gasteiger charge is -2.11. The Labute approximate surface area is 103 Å². The Morgan fingerprint density at radius 3 is 3.12 bits per heavy atom. The highest BCUT2D eigenvalue weighted by Crippen LogP contribution is 2.18. The van der Waals surface area contributed by atoms with E-state index in [0.29, 0.717) is 6.04 Å². The predicted molar refractivity (Wildman–Crippen MR) is 70.7 cm³/mol. The minimum absolute atomic E-state index is 0.378. The molecule has 0 spiro atoms. The lowest BCUT2D eigenvalue weighted by molar-refractivity contribution is 0.474. The molecule has 0 bridgehead atoms. The van der Waals surface area contributed by atoms with Gasteiger partial charge in [-0.3, -0.25) is 0 Å². The molecule has 2 rings (SSSR count). The maximum absolute atomic E-state index is 5.28. The summed E-state index contributed by atoms with van der Waals surface area (Å²) in [6, 6.07) is 4.29. The summed E-state index contributed by atoms with van der Waals surface area (Å²) in [6.07, 6.45) is 13.7. The number of rotatable bonds is 5. The fraction of sp³-hybridized carbons (Fsp3) is 0.467. The molecule has 1 heterocycles. The minimum atomic E-state index is 0.378. The Balaban J connectivity index is 1.74. The SMILES string of the molecule is CC(/C=C/C1=CCCCC1)NCc1ccco1. The zero-order valence-electron chi connectivity index (χ0n) is 10.5. The van der Waals surface area contributed by atoms with Crippen LogP contribution >= 0.6 is 0 Å². The van der Waals surface area contributed by atoms with Crippen LogP contribution in [0, 0.1) is 0 Å². The van der Waals surface area contributed by atoms with Crippen LogP contribution in [0.3, 0.4) is 0 Å². The molecular weight excluding hydrogens is 210 g/mol. The standard InChI is InChI=1S/C15H21NO/c1-13(16-12-15-8-5-11-17-15)9-10-14-6-3-2-4-7-14/h5-6,8-11,13,16H,2-4,7,12H2,1H3/b10-9+. The van der Waals surface area contributed by atoms with Gasteiger partial charge in [0, 0.05) is 6.04 Å². The van der Waals surface area contributed by atoms with Crippen molar-refractivity contribution in [3.63, 3.8) is 0 Å². The van der Waals surface area contributed by atoms with E-state index < -0.39 is 0 Å². The molecule has 17 heavy (non-hydrogen) atoms. The molecular formula is C15H21NO. The smallest absolute Gasteiger partial charge is 0.117 e. The van der Waals surface area contributed by atoms with Gasteiger partial charge in [0.2, 0.25) is 0 Å². The summed E-state index contributed by atoms with van der Waals surface area (Å²) in [6.45, 7) is 2.96. The summed E-state index contributed by atoms with van der Waals surface area (Å²) in [5.74, 6) is 0.988. The first-order valence-corrected chi connectivity index (χ1v) is 6.47. The minimum Gasteiger partial charge on any atom is -0.468 e. The van der Waals surface area contributed by atoms with Crippen LogP contribution in [0.5, 0.6) is 0 Å². The Kier molecular flexibility index (Phi) is 4.63. The molecule has 92 valence electrons. The molecule has 1 aromatic rings. The third-order valence-electron chi connectivity index (χ3n) is 3.10. The molecule has 0 saturated heterocycles. The van der Waals surface area contributed by atoms with Crippen LogP contribution in [0.15, 0.2) is 46.6 Å². The summed E-state index contributed by atoms with van der Waals surface area (Å²) >= 11 is 0. The molecule has 0 saturated carbocycles. The van der Waals surface area contributed by atoms with Crippen LogP contribution in [-0.2, 0) is 6.54 Å². The number of hydrogen-bond donors (Lipinski definition) is 1. The Bertz CT molecular complexity index is 376. The molecule has 2 nitrogen and oxygen atoms in total. The van der Waals surface area contributed by atoms with E-state index in [9.17, 15) is 0 Å². The van der Waals surface area contributed by atoms with E-state index in [-0.39, 0.29) is 0 Å². The molecule has 1 aliphatic carbocycles. The number of furan rings is 1. The van der Waals surface area contributed by atoms with Gasteiger partial charge < -0.3 is 9.73 Å². The second kappa shape index (κ2) is 6.45. The number of hydrogen-bond acceptors (Lipinski definition) is 2. The molecule has 1 unspecified atom stereocenters. The maximum Gasteiger partial charge on any atom is 0.117 e. The van der Waals surface area contributed by atoms with Crippen LogP contribution in [-0.4, -0.2) is 6.04 Å². The van der Waals surface area contributed by atoms with Crippen LogP contribution in [0.25, 0.3) is 0 Å². The Morgan fingerprint density at radius 2 is 2.41 bits per heavy atom. The van der Waals surface area contributed by atoms with Gasteiger partial charge in [0.25, 0.3) is 0 Å². The molecule has 2 heteroatoms. The highest BCUT2D eigenvalue weighted by Gasteiger charge is 2.02. The van der Waals surface area contributed by atoms with Crippen molar-refractivity contribution in [1.29, 1.82) is 0 Å². The molecule has 1 aromatic heterocycles. The zero-order valence-corrected chi connectivity index (χ0v) is 10.5. The largest absolute Gasteiger partial charge is 0.468 e. The highest BCUT2D eigenvalue weighted by molar-refractivity contribution is 5.21. The second-order valence-electron chi connectivity index (χ2n) is 4.63. The Morgan fingerprint density at radius 1 is 1.47 bits per heavy atom. The van der Waals surface area contributed by atoms with Gasteiger partial charge in [-0.2, -0.15) is 0 Å². The Hall–Kier alpha value is -1.28. The fourth-order valence-electron chi connectivity index (χ4n) is 2.03. The lowest BCUT2D eigenvalue weighted by Crippen LogP contribution is -2.23. The average Bonchev–Trinajstić information content (AvgIpc) is 2.88. The summed E-state index contributed by atoms with van der Waals surface area (Å²) in [4.78, 5) is 0. The maximum atomic E-state index is 5.28. The van der Waals surface area contributed by atoms with E-state index in [1.165, 1.54) is 31.3 Å². The van der Waals surface area contributed by atoms with E-state index in [1.807, 2.05) is 12.1 Å². The lowest BCUT2D eigenvalue weighted by atomic mass is 9.99. The van der Waals surface area contributed by atoms with Gasteiger partial charge in [0.1, 0.15) is 5.76 Å². The molecule has 1 atom stereocenters. The molecule has 1 N–H and O–H groups in total. The third kappa shape index (κ3) is 4.23. The van der Waals surface area contributed by atoms with E-state index >= 15 is 0 Å². The molecule has 0 aliphatic heterocycles. The van der Waals surface area contributed by atoms with Crippen molar-refractivity contribution < 1.29 is 4.42 Å². The van der Waals surface area contributed by atoms with Crippen molar-refractivity contribution in [2.24, 2.45) is 0 Å². The first-order chi connectivity index (χ1) is 8.34. The van der Waals surface area contributed by atoms with Crippen molar-refractivity contribution in [3.8, 4) is 0 Å². The molecule has 0 amide bonds. The van der Waals surface area contributed by atoms with Crippen molar-refractivity contribution in [1.82, 2.24) is 5.32 Å². The number of allylic oxidation sites excluding steroid dienone is 3. The van der Waals surface area contributed by atoms with E-state index in [1.54, 1.807) is 6.26 Å². The van der Waals surface area contributed by atoms with Crippen molar-refractivity contribution >= 4 is 0 Å². The topological polar surface area (TPSA) is 25.2 Å². The highest BCUT2D eigenvalue weighted by atomic mass is 16.3. The summed E-state index contributed by atoms with van der Waals surface area (Å²) in [5.41, 5.74) is 1.49. The van der Waals surface area contributed by atoms with Crippen LogP contribution < -0.4 is 5.32 Å². The second-order valence-corrected chi connectivity index (χ2v) is 4.63. The van der Waals surface area contributed by atoms with Gasteiger partial charge >= 0.3 is 0 Å². The average molecular weight is 231 g/mol. The van der Waals surface area contributed by atoms with Crippen molar-refractivity contribution in [2.45, 2.75) is 45.2 Å². The zero-order chi connectivity index (χ0) is 11.9. The van der Waals surface area contributed by atoms with Crippen LogP contribution in [0.4, 0.5) is 0 Å². The van der Waals surface area contributed by atoms with Crippen molar-refractivity contribution in [2.75, 3.05) is 0 Å². The fourth-order valence-corrected chi connectivity index (χ4v) is 2.03. The number of nitrogens with one attached hydrogen (secondary N) is 1. The molecule has 0 aromatic carbocycles.